The van der Waals surface area contributed by atoms with Gasteiger partial charge in [-0.15, -0.1) is 0 Å². The lowest BCUT2D eigenvalue weighted by Crippen LogP contribution is -2.23. The Hall–Kier alpha value is -4.05. The van der Waals surface area contributed by atoms with E-state index in [2.05, 4.69) is 148 Å². The molecule has 0 saturated heterocycles. The number of allylic oxidation sites excluding steroid dienone is 8. The summed E-state index contributed by atoms with van der Waals surface area (Å²) in [6.45, 7) is 9.16. The van der Waals surface area contributed by atoms with Crippen LogP contribution in [0.4, 0.5) is 17.1 Å². The summed E-state index contributed by atoms with van der Waals surface area (Å²) in [5.74, 6) is 0. The molecule has 6 rings (SSSR count). The van der Waals surface area contributed by atoms with Gasteiger partial charge in [0.2, 0.25) is 0 Å². The Balaban J connectivity index is 1.41. The van der Waals surface area contributed by atoms with Gasteiger partial charge < -0.3 is 14.8 Å². The number of nitrogens with one attached hydrogen (secondary N) is 1. The summed E-state index contributed by atoms with van der Waals surface area (Å²) in [5, 5.41) is 3.69. The van der Waals surface area contributed by atoms with Crippen molar-refractivity contribution >= 4 is 28.5 Å². The Bertz CT molecular complexity index is 1620. The minimum atomic E-state index is -0.105. The third kappa shape index (κ3) is 4.46. The van der Waals surface area contributed by atoms with Crippen LogP contribution >= 0.6 is 0 Å². The first kappa shape index (κ1) is 26.2. The Labute approximate surface area is 239 Å². The summed E-state index contributed by atoms with van der Waals surface area (Å²) in [4.78, 5) is 7.18. The third-order valence-electron chi connectivity index (χ3n) is 8.85. The maximum atomic E-state index is 5.02. The van der Waals surface area contributed by atoms with Gasteiger partial charge in [-0.2, -0.15) is 0 Å². The second-order valence-corrected chi connectivity index (χ2v) is 12.4. The van der Waals surface area contributed by atoms with Gasteiger partial charge >= 0.3 is 0 Å². The molecule has 0 radical (unpaired) electrons. The molecule has 0 saturated carbocycles. The molecule has 3 heterocycles. The molecule has 0 bridgehead atoms. The zero-order chi connectivity index (χ0) is 28.1. The first-order valence-corrected chi connectivity index (χ1v) is 14.4. The SMILES string of the molecule is CN(C)c1ccn(C2=C(/C=C/C3=Nc4ccccc4C3(C)C)CCC/C2=C\C=C2\Nc3ccccc3C2(C)C)c1. The molecule has 1 aliphatic carbocycles. The third-order valence-corrected chi connectivity index (χ3v) is 8.85. The van der Waals surface area contributed by atoms with E-state index in [-0.39, 0.29) is 10.8 Å². The highest BCUT2D eigenvalue weighted by Gasteiger charge is 2.35. The quantitative estimate of drug-likeness (QED) is 0.359. The number of fused-ring (bicyclic) bond motifs is 2. The summed E-state index contributed by atoms with van der Waals surface area (Å²) in [7, 11) is 4.20. The average Bonchev–Trinajstić information content (AvgIpc) is 3.60. The molecule has 1 N–H and O–H groups in total. The van der Waals surface area contributed by atoms with E-state index in [1.54, 1.807) is 0 Å². The zero-order valence-electron chi connectivity index (χ0n) is 24.6. The van der Waals surface area contributed by atoms with Gasteiger partial charge in [-0.05, 0) is 71.9 Å². The zero-order valence-corrected chi connectivity index (χ0v) is 24.6. The van der Waals surface area contributed by atoms with Gasteiger partial charge in [0.1, 0.15) is 0 Å². The molecule has 2 aliphatic heterocycles. The number of aromatic nitrogens is 1. The molecule has 0 unspecified atom stereocenters. The van der Waals surface area contributed by atoms with Crippen LogP contribution in [-0.2, 0) is 10.8 Å². The second-order valence-electron chi connectivity index (χ2n) is 12.4. The fourth-order valence-corrected chi connectivity index (χ4v) is 6.31. The minimum absolute atomic E-state index is 0.0539. The van der Waals surface area contributed by atoms with E-state index in [0.29, 0.717) is 0 Å². The number of anilines is 2. The molecule has 3 aliphatic rings. The second kappa shape index (κ2) is 9.85. The van der Waals surface area contributed by atoms with Gasteiger partial charge in [-0.25, -0.2) is 0 Å². The van der Waals surface area contributed by atoms with Crippen molar-refractivity contribution < 1.29 is 0 Å². The molecule has 4 nitrogen and oxygen atoms in total. The standard InChI is InChI=1S/C36H40N4/c1-35(2)28-14-7-9-16-30(28)37-32(35)20-18-25-12-11-13-26(34(25)40-23-22-27(24-40)39(5)6)19-21-33-36(3,4)29-15-8-10-17-31(29)38-33/h7-10,14-24,37H,11-13H2,1-6H3/b21-19+,25-18+,32-20+. The van der Waals surface area contributed by atoms with Gasteiger partial charge in [-0.1, -0.05) is 76.2 Å². The first-order valence-electron chi connectivity index (χ1n) is 14.4. The van der Waals surface area contributed by atoms with Crippen LogP contribution in [0.3, 0.4) is 0 Å². The Morgan fingerprint density at radius 2 is 1.60 bits per heavy atom. The lowest BCUT2D eigenvalue weighted by Gasteiger charge is -2.24. The largest absolute Gasteiger partial charge is 0.376 e. The van der Waals surface area contributed by atoms with Crippen LogP contribution < -0.4 is 10.2 Å². The van der Waals surface area contributed by atoms with E-state index >= 15 is 0 Å². The number of aliphatic imine (C=N–C) groups is 1. The van der Waals surface area contributed by atoms with Crippen molar-refractivity contribution in [3.63, 3.8) is 0 Å². The molecule has 40 heavy (non-hydrogen) atoms. The van der Waals surface area contributed by atoms with E-state index in [1.807, 2.05) is 0 Å². The number of hydrogen-bond acceptors (Lipinski definition) is 3. The molecule has 0 amide bonds. The highest BCUT2D eigenvalue weighted by molar-refractivity contribution is 6.08. The molecular weight excluding hydrogens is 488 g/mol. The maximum Gasteiger partial charge on any atom is 0.0674 e. The minimum Gasteiger partial charge on any atom is -0.376 e. The van der Waals surface area contributed by atoms with Crippen molar-refractivity contribution in [2.24, 2.45) is 4.99 Å². The Kier molecular flexibility index (Phi) is 6.45. The fraction of sp³-hybridized carbons (Fsp3) is 0.306. The first-order chi connectivity index (χ1) is 19.2. The maximum absolute atomic E-state index is 5.02. The summed E-state index contributed by atoms with van der Waals surface area (Å²) < 4.78 is 2.32. The number of rotatable bonds is 5. The van der Waals surface area contributed by atoms with Gasteiger partial charge in [0.25, 0.3) is 0 Å². The lowest BCUT2D eigenvalue weighted by molar-refractivity contribution is 0.654. The van der Waals surface area contributed by atoms with Crippen LogP contribution in [0.1, 0.15) is 58.1 Å². The van der Waals surface area contributed by atoms with Gasteiger partial charge in [0, 0.05) is 48.7 Å². The monoisotopic (exact) mass is 528 g/mol. The number of nitrogens with zero attached hydrogens (tertiary/aromatic N) is 3. The van der Waals surface area contributed by atoms with Gasteiger partial charge in [-0.3, -0.25) is 4.99 Å². The van der Waals surface area contributed by atoms with E-state index in [9.17, 15) is 0 Å². The lowest BCUT2D eigenvalue weighted by atomic mass is 9.81. The number of para-hydroxylation sites is 2. The fourth-order valence-electron chi connectivity index (χ4n) is 6.31. The van der Waals surface area contributed by atoms with E-state index < -0.39 is 0 Å². The van der Waals surface area contributed by atoms with Crippen LogP contribution in [0.2, 0.25) is 0 Å². The molecule has 4 heteroatoms. The van der Waals surface area contributed by atoms with Crippen molar-refractivity contribution in [3.05, 3.63) is 119 Å². The van der Waals surface area contributed by atoms with Crippen molar-refractivity contribution in [1.82, 2.24) is 4.57 Å². The summed E-state index contributed by atoms with van der Waals surface area (Å²) >= 11 is 0. The van der Waals surface area contributed by atoms with E-state index in [1.165, 1.54) is 45.0 Å². The molecule has 0 atom stereocenters. The predicted octanol–water partition coefficient (Wildman–Crippen LogP) is 8.78. The Morgan fingerprint density at radius 3 is 2.33 bits per heavy atom. The van der Waals surface area contributed by atoms with Crippen LogP contribution in [0, 0.1) is 0 Å². The van der Waals surface area contributed by atoms with E-state index in [4.69, 9.17) is 4.99 Å². The Morgan fingerprint density at radius 1 is 0.850 bits per heavy atom. The van der Waals surface area contributed by atoms with Crippen molar-refractivity contribution in [1.29, 1.82) is 0 Å². The summed E-state index contributed by atoms with van der Waals surface area (Å²) in [6.07, 6.45) is 16.9. The highest BCUT2D eigenvalue weighted by atomic mass is 15.1. The molecule has 204 valence electrons. The van der Waals surface area contributed by atoms with Gasteiger partial charge in [0.05, 0.1) is 22.8 Å². The van der Waals surface area contributed by atoms with Crippen molar-refractivity contribution in [2.75, 3.05) is 24.3 Å². The number of benzene rings is 2. The van der Waals surface area contributed by atoms with Gasteiger partial charge in [0.15, 0.2) is 0 Å². The van der Waals surface area contributed by atoms with E-state index in [0.717, 1.165) is 30.7 Å². The van der Waals surface area contributed by atoms with Crippen LogP contribution in [-0.4, -0.2) is 24.4 Å². The van der Waals surface area contributed by atoms with Crippen LogP contribution in [0.15, 0.2) is 113 Å². The van der Waals surface area contributed by atoms with Crippen LogP contribution in [0.5, 0.6) is 0 Å². The number of hydrogen-bond donors (Lipinski definition) is 1. The molecule has 0 spiro atoms. The average molecular weight is 529 g/mol. The molecule has 0 fully saturated rings. The van der Waals surface area contributed by atoms with Crippen LogP contribution in [0.25, 0.3) is 5.70 Å². The summed E-state index contributed by atoms with van der Waals surface area (Å²) in [5.41, 5.74) is 12.4. The normalized spacial score (nSPS) is 21.1. The topological polar surface area (TPSA) is 32.6 Å². The molecule has 3 aromatic rings. The molecular formula is C36H40N4. The van der Waals surface area contributed by atoms with Crippen molar-refractivity contribution in [2.45, 2.75) is 57.8 Å². The highest BCUT2D eigenvalue weighted by Crippen LogP contribution is 2.44. The molecule has 1 aromatic heterocycles. The predicted molar refractivity (Wildman–Crippen MR) is 171 cm³/mol. The molecule has 2 aromatic carbocycles. The summed E-state index contributed by atoms with van der Waals surface area (Å²) in [6, 6.07) is 19.4. The smallest absolute Gasteiger partial charge is 0.0674 e. The van der Waals surface area contributed by atoms with Crippen molar-refractivity contribution in [3.8, 4) is 0 Å².